The molecule has 0 unspecified atom stereocenters. The number of allylic oxidation sites excluding steroid dienone is 1. The average molecular weight is 444 g/mol. The number of hydrogen-bond donors (Lipinski definition) is 0. The van der Waals surface area contributed by atoms with Crippen LogP contribution in [0.15, 0.2) is 12.2 Å². The first kappa shape index (κ1) is 25.0. The average Bonchev–Trinajstić information content (AvgIpc) is 2.97. The molecule has 0 N–H and O–H groups in total. The second kappa shape index (κ2) is 8.64. The molecule has 2 nitrogen and oxygen atoms in total. The van der Waals surface area contributed by atoms with Gasteiger partial charge in [-0.15, -0.1) is 0 Å². The minimum atomic E-state index is -1.76. The normalized spacial score (nSPS) is 41.6. The SMILES string of the molecule is C=C1CC[C@H]2[C@H](CC#N)[C@@H]([C@@]3(C)CC[C@H](C)C[C@@H]3CO[Si](C)(C)C(C)(C)C)CC[C@]12C. The van der Waals surface area contributed by atoms with Gasteiger partial charge in [-0.3, -0.25) is 0 Å². The van der Waals surface area contributed by atoms with Crippen LogP contribution in [0.5, 0.6) is 0 Å². The van der Waals surface area contributed by atoms with E-state index in [1.807, 2.05) is 0 Å². The van der Waals surface area contributed by atoms with Crippen molar-refractivity contribution in [2.45, 2.75) is 111 Å². The minimum absolute atomic E-state index is 0.254. The summed E-state index contributed by atoms with van der Waals surface area (Å²) in [5, 5.41) is 10.1. The Morgan fingerprint density at radius 2 is 1.81 bits per heavy atom. The summed E-state index contributed by atoms with van der Waals surface area (Å²) in [6.07, 6.45) is 9.59. The Morgan fingerprint density at radius 3 is 2.42 bits per heavy atom. The van der Waals surface area contributed by atoms with Gasteiger partial charge in [-0.05, 0) is 97.1 Å². The lowest BCUT2D eigenvalue weighted by Gasteiger charge is -2.57. The third-order valence-corrected chi connectivity index (χ3v) is 15.3. The van der Waals surface area contributed by atoms with Crippen molar-refractivity contribution in [3.63, 3.8) is 0 Å². The summed E-state index contributed by atoms with van der Waals surface area (Å²) in [4.78, 5) is 0. The van der Waals surface area contributed by atoms with Gasteiger partial charge in [-0.2, -0.15) is 5.26 Å². The molecular weight excluding hydrogens is 394 g/mol. The van der Waals surface area contributed by atoms with E-state index in [0.717, 1.165) is 18.9 Å². The first-order valence-corrected chi connectivity index (χ1v) is 15.9. The fraction of sp³-hybridized carbons (Fsp3) is 0.893. The van der Waals surface area contributed by atoms with Gasteiger partial charge in [0.15, 0.2) is 8.32 Å². The van der Waals surface area contributed by atoms with Crippen LogP contribution in [-0.4, -0.2) is 14.9 Å². The summed E-state index contributed by atoms with van der Waals surface area (Å²) in [5.74, 6) is 3.23. The van der Waals surface area contributed by atoms with Crippen LogP contribution in [0.1, 0.15) is 92.9 Å². The lowest BCUT2D eigenvalue weighted by atomic mass is 9.48. The van der Waals surface area contributed by atoms with Gasteiger partial charge < -0.3 is 4.43 Å². The van der Waals surface area contributed by atoms with Gasteiger partial charge in [-0.1, -0.05) is 60.1 Å². The first-order valence-electron chi connectivity index (χ1n) is 13.0. The maximum absolute atomic E-state index is 9.80. The van der Waals surface area contributed by atoms with Gasteiger partial charge in [0.1, 0.15) is 0 Å². The molecule has 0 bridgehead atoms. The second-order valence-corrected chi connectivity index (χ2v) is 18.3. The highest BCUT2D eigenvalue weighted by atomic mass is 28.4. The predicted molar refractivity (Wildman–Crippen MR) is 134 cm³/mol. The van der Waals surface area contributed by atoms with Crippen molar-refractivity contribution in [2.24, 2.45) is 40.4 Å². The molecule has 176 valence electrons. The van der Waals surface area contributed by atoms with Gasteiger partial charge in [0.2, 0.25) is 0 Å². The zero-order valence-corrected chi connectivity index (χ0v) is 22.8. The molecule has 0 saturated heterocycles. The summed E-state index contributed by atoms with van der Waals surface area (Å²) in [7, 11) is -1.76. The van der Waals surface area contributed by atoms with Crippen LogP contribution in [0.4, 0.5) is 0 Å². The van der Waals surface area contributed by atoms with Crippen LogP contribution in [0.3, 0.4) is 0 Å². The van der Waals surface area contributed by atoms with Crippen molar-refractivity contribution in [3.05, 3.63) is 12.2 Å². The highest BCUT2D eigenvalue weighted by molar-refractivity contribution is 6.74. The Morgan fingerprint density at radius 1 is 1.13 bits per heavy atom. The number of nitriles is 1. The number of rotatable bonds is 5. The summed E-state index contributed by atoms with van der Waals surface area (Å²) in [5.41, 5.74) is 2.02. The maximum Gasteiger partial charge on any atom is 0.191 e. The molecule has 0 aromatic heterocycles. The topological polar surface area (TPSA) is 33.0 Å². The maximum atomic E-state index is 9.80. The molecule has 0 aromatic carbocycles. The molecule has 3 fully saturated rings. The van der Waals surface area contributed by atoms with Crippen LogP contribution in [0.25, 0.3) is 0 Å². The Bertz CT molecular complexity index is 716. The molecule has 3 rings (SSSR count). The van der Waals surface area contributed by atoms with E-state index < -0.39 is 8.32 Å². The van der Waals surface area contributed by atoms with Crippen molar-refractivity contribution >= 4 is 8.32 Å². The molecule has 31 heavy (non-hydrogen) atoms. The third-order valence-electron chi connectivity index (χ3n) is 10.8. The predicted octanol–water partition coefficient (Wildman–Crippen LogP) is 8.36. The quantitative estimate of drug-likeness (QED) is 0.316. The van der Waals surface area contributed by atoms with Crippen LogP contribution in [-0.2, 0) is 4.43 Å². The van der Waals surface area contributed by atoms with Crippen molar-refractivity contribution in [1.82, 2.24) is 0 Å². The van der Waals surface area contributed by atoms with Gasteiger partial charge in [0.05, 0.1) is 6.07 Å². The van der Waals surface area contributed by atoms with Gasteiger partial charge >= 0.3 is 0 Å². The van der Waals surface area contributed by atoms with Crippen molar-refractivity contribution < 1.29 is 4.43 Å². The molecule has 3 aliphatic rings. The Labute approximate surface area is 194 Å². The third kappa shape index (κ3) is 4.46. The molecule has 3 aliphatic carbocycles. The summed E-state index contributed by atoms with van der Waals surface area (Å²) >= 11 is 0. The molecular formula is C28H49NOSi. The van der Waals surface area contributed by atoms with Crippen molar-refractivity contribution in [2.75, 3.05) is 6.61 Å². The molecule has 0 spiro atoms. The summed E-state index contributed by atoms with van der Waals surface area (Å²) in [6, 6.07) is 2.61. The Hall–Kier alpha value is -0.593. The first-order chi connectivity index (χ1) is 14.3. The van der Waals surface area contributed by atoms with E-state index in [1.54, 1.807) is 0 Å². The molecule has 7 atom stereocenters. The standard InChI is InChI=1S/C28H49NOSi/c1-20-12-15-28(7,22(18-20)19-30-31(8,9)26(3,4)5)25-13-16-27(6)21(2)10-11-24(27)23(25)14-17-29/h20,22-25H,2,10-16,18-19H2,1,3-9H3/t20-,22+,23-,24-,25-,27+,28-/m0/s1. The zero-order valence-electron chi connectivity index (χ0n) is 21.8. The number of hydrogen-bond acceptors (Lipinski definition) is 2. The van der Waals surface area contributed by atoms with E-state index in [-0.39, 0.29) is 10.5 Å². The van der Waals surface area contributed by atoms with Gasteiger partial charge in [-0.25, -0.2) is 0 Å². The van der Waals surface area contributed by atoms with Crippen LogP contribution < -0.4 is 0 Å². The molecule has 0 heterocycles. The van der Waals surface area contributed by atoms with E-state index in [1.165, 1.54) is 50.5 Å². The zero-order chi connectivity index (χ0) is 23.2. The summed E-state index contributed by atoms with van der Waals surface area (Å²) in [6.45, 7) is 24.7. The van der Waals surface area contributed by atoms with Gasteiger partial charge in [0.25, 0.3) is 0 Å². The summed E-state index contributed by atoms with van der Waals surface area (Å²) < 4.78 is 6.85. The Kier molecular flexibility index (Phi) is 6.98. The van der Waals surface area contributed by atoms with Crippen LogP contribution >= 0.6 is 0 Å². The van der Waals surface area contributed by atoms with Crippen molar-refractivity contribution in [3.8, 4) is 6.07 Å². The monoisotopic (exact) mass is 443 g/mol. The smallest absolute Gasteiger partial charge is 0.191 e. The fourth-order valence-corrected chi connectivity index (χ4v) is 8.36. The highest BCUT2D eigenvalue weighted by Gasteiger charge is 2.56. The van der Waals surface area contributed by atoms with E-state index >= 15 is 0 Å². The van der Waals surface area contributed by atoms with E-state index in [4.69, 9.17) is 4.43 Å². The highest BCUT2D eigenvalue weighted by Crippen LogP contribution is 2.64. The fourth-order valence-electron chi connectivity index (χ4n) is 7.31. The van der Waals surface area contributed by atoms with Crippen LogP contribution in [0.2, 0.25) is 18.1 Å². The largest absolute Gasteiger partial charge is 0.417 e. The minimum Gasteiger partial charge on any atom is -0.417 e. The molecule has 0 aliphatic heterocycles. The Balaban J connectivity index is 1.88. The molecule has 3 saturated carbocycles. The van der Waals surface area contributed by atoms with Crippen molar-refractivity contribution in [1.29, 1.82) is 5.26 Å². The molecule has 0 radical (unpaired) electrons. The lowest BCUT2D eigenvalue weighted by Crippen LogP contribution is -2.51. The van der Waals surface area contributed by atoms with E-state index in [0.29, 0.717) is 29.1 Å². The molecule has 0 aromatic rings. The van der Waals surface area contributed by atoms with Gasteiger partial charge in [0, 0.05) is 13.0 Å². The number of nitrogens with zero attached hydrogens (tertiary/aromatic N) is 1. The van der Waals surface area contributed by atoms with E-state index in [2.05, 4.69) is 67.3 Å². The van der Waals surface area contributed by atoms with E-state index in [9.17, 15) is 5.26 Å². The lowest BCUT2D eigenvalue weighted by molar-refractivity contribution is -0.0768. The molecule has 0 amide bonds. The number of fused-ring (bicyclic) bond motifs is 1. The molecule has 3 heteroatoms. The van der Waals surface area contributed by atoms with Crippen LogP contribution in [0, 0.1) is 51.8 Å². The second-order valence-electron chi connectivity index (χ2n) is 13.5.